The van der Waals surface area contributed by atoms with Crippen LogP contribution in [-0.2, 0) is 6.42 Å². The Labute approximate surface area is 160 Å². The van der Waals surface area contributed by atoms with Gasteiger partial charge < -0.3 is 15.0 Å². The number of amides is 1. The second-order valence-corrected chi connectivity index (χ2v) is 6.66. The molecule has 0 heterocycles. The summed E-state index contributed by atoms with van der Waals surface area (Å²) >= 11 is 0. The highest BCUT2D eigenvalue weighted by atomic mass is 16.5. The molecule has 1 N–H and O–H groups in total. The molecule has 4 nitrogen and oxygen atoms in total. The van der Waals surface area contributed by atoms with Crippen LogP contribution in [0.5, 0.6) is 5.75 Å². The van der Waals surface area contributed by atoms with Gasteiger partial charge in [-0.3, -0.25) is 4.79 Å². The molecule has 3 aromatic rings. The molecule has 0 aliphatic rings. The Morgan fingerprint density at radius 1 is 1.00 bits per heavy atom. The maximum atomic E-state index is 12.9. The van der Waals surface area contributed by atoms with Crippen molar-refractivity contribution in [1.29, 1.82) is 0 Å². The minimum Gasteiger partial charge on any atom is -0.493 e. The van der Waals surface area contributed by atoms with E-state index in [1.807, 2.05) is 57.4 Å². The van der Waals surface area contributed by atoms with Gasteiger partial charge in [-0.05, 0) is 47.9 Å². The van der Waals surface area contributed by atoms with Crippen molar-refractivity contribution in [2.24, 2.45) is 0 Å². The molecular formula is C23H26N2O2. The number of carbonyl (C=O) groups is 1. The molecule has 3 rings (SSSR count). The second kappa shape index (κ2) is 8.58. The van der Waals surface area contributed by atoms with Crippen molar-refractivity contribution in [2.75, 3.05) is 32.1 Å². The Balaban J connectivity index is 1.73. The molecule has 4 heteroatoms. The predicted molar refractivity (Wildman–Crippen MR) is 112 cm³/mol. The van der Waals surface area contributed by atoms with Crippen LogP contribution in [0.3, 0.4) is 0 Å². The largest absolute Gasteiger partial charge is 0.493 e. The molecule has 0 aromatic heterocycles. The molecule has 27 heavy (non-hydrogen) atoms. The van der Waals surface area contributed by atoms with Gasteiger partial charge in [-0.15, -0.1) is 0 Å². The Morgan fingerprint density at radius 3 is 2.44 bits per heavy atom. The number of benzene rings is 3. The fourth-order valence-corrected chi connectivity index (χ4v) is 3.13. The fourth-order valence-electron chi connectivity index (χ4n) is 3.13. The average molecular weight is 362 g/mol. The van der Waals surface area contributed by atoms with Crippen LogP contribution in [0.2, 0.25) is 0 Å². The lowest BCUT2D eigenvalue weighted by atomic mass is 10.0. The number of ether oxygens (including phenoxy) is 1. The van der Waals surface area contributed by atoms with E-state index in [1.54, 1.807) is 0 Å². The SMILES string of the molecule is CCOc1ccc2ccccc2c1C(=O)NCCc1ccc(N(C)C)cc1. The monoisotopic (exact) mass is 362 g/mol. The Kier molecular flexibility index (Phi) is 5.97. The highest BCUT2D eigenvalue weighted by Gasteiger charge is 2.16. The van der Waals surface area contributed by atoms with E-state index in [2.05, 4.69) is 34.5 Å². The van der Waals surface area contributed by atoms with Gasteiger partial charge in [0.1, 0.15) is 5.75 Å². The normalized spacial score (nSPS) is 10.6. The summed E-state index contributed by atoms with van der Waals surface area (Å²) in [6.45, 7) is 3.03. The average Bonchev–Trinajstić information content (AvgIpc) is 2.68. The van der Waals surface area contributed by atoms with E-state index in [1.165, 1.54) is 11.3 Å². The van der Waals surface area contributed by atoms with Crippen LogP contribution in [0.15, 0.2) is 60.7 Å². The van der Waals surface area contributed by atoms with Gasteiger partial charge in [0, 0.05) is 26.3 Å². The molecule has 0 saturated carbocycles. The van der Waals surface area contributed by atoms with Crippen LogP contribution in [0, 0.1) is 0 Å². The predicted octanol–water partition coefficient (Wildman–Crippen LogP) is 4.28. The van der Waals surface area contributed by atoms with Gasteiger partial charge in [-0.1, -0.05) is 42.5 Å². The number of fused-ring (bicyclic) bond motifs is 1. The van der Waals surface area contributed by atoms with Crippen molar-refractivity contribution in [3.05, 3.63) is 71.8 Å². The summed E-state index contributed by atoms with van der Waals surface area (Å²) in [6.07, 6.45) is 0.786. The lowest BCUT2D eigenvalue weighted by Crippen LogP contribution is -2.26. The number of hydrogen-bond donors (Lipinski definition) is 1. The van der Waals surface area contributed by atoms with E-state index < -0.39 is 0 Å². The summed E-state index contributed by atoms with van der Waals surface area (Å²) in [6, 6.07) is 20.1. The molecule has 0 aliphatic carbocycles. The van der Waals surface area contributed by atoms with Crippen molar-refractivity contribution >= 4 is 22.4 Å². The topological polar surface area (TPSA) is 41.6 Å². The maximum Gasteiger partial charge on any atom is 0.255 e. The van der Waals surface area contributed by atoms with Crippen molar-refractivity contribution in [2.45, 2.75) is 13.3 Å². The van der Waals surface area contributed by atoms with E-state index in [-0.39, 0.29) is 5.91 Å². The zero-order valence-electron chi connectivity index (χ0n) is 16.2. The zero-order valence-corrected chi connectivity index (χ0v) is 16.2. The third-order valence-electron chi connectivity index (χ3n) is 4.57. The number of anilines is 1. The molecule has 0 saturated heterocycles. The standard InChI is InChI=1S/C23H26N2O2/c1-4-27-21-14-11-18-7-5-6-8-20(18)22(21)23(26)24-16-15-17-9-12-19(13-10-17)25(2)3/h5-14H,4,15-16H2,1-3H3,(H,24,26). The first-order valence-electron chi connectivity index (χ1n) is 9.29. The molecule has 0 unspecified atom stereocenters. The first-order chi connectivity index (χ1) is 13.1. The number of rotatable bonds is 7. The summed E-state index contributed by atoms with van der Waals surface area (Å²) < 4.78 is 5.70. The Bertz CT molecular complexity index is 917. The molecule has 3 aromatic carbocycles. The van der Waals surface area contributed by atoms with Crippen LogP contribution in [0.25, 0.3) is 10.8 Å². The molecule has 140 valence electrons. The summed E-state index contributed by atoms with van der Waals surface area (Å²) in [5, 5.41) is 4.99. The third kappa shape index (κ3) is 4.40. The van der Waals surface area contributed by atoms with Crippen LogP contribution in [0.4, 0.5) is 5.69 Å². The number of nitrogens with zero attached hydrogens (tertiary/aromatic N) is 1. The van der Waals surface area contributed by atoms with Gasteiger partial charge in [-0.25, -0.2) is 0 Å². The summed E-state index contributed by atoms with van der Waals surface area (Å²) in [7, 11) is 4.05. The molecule has 1 amide bonds. The number of carbonyl (C=O) groups excluding carboxylic acids is 1. The first-order valence-corrected chi connectivity index (χ1v) is 9.29. The van der Waals surface area contributed by atoms with Gasteiger partial charge >= 0.3 is 0 Å². The molecule has 0 atom stereocenters. The minimum atomic E-state index is -0.0971. The van der Waals surface area contributed by atoms with Crippen LogP contribution in [0.1, 0.15) is 22.8 Å². The van der Waals surface area contributed by atoms with Crippen molar-refractivity contribution in [3.8, 4) is 5.75 Å². The fraction of sp³-hybridized carbons (Fsp3) is 0.261. The lowest BCUT2D eigenvalue weighted by Gasteiger charge is -2.14. The first kappa shape index (κ1) is 18.8. The van der Waals surface area contributed by atoms with Gasteiger partial charge in [0.2, 0.25) is 0 Å². The highest BCUT2D eigenvalue weighted by Crippen LogP contribution is 2.28. The third-order valence-corrected chi connectivity index (χ3v) is 4.57. The summed E-state index contributed by atoms with van der Waals surface area (Å²) in [4.78, 5) is 15.0. The van der Waals surface area contributed by atoms with Gasteiger partial charge in [0.25, 0.3) is 5.91 Å². The van der Waals surface area contributed by atoms with Gasteiger partial charge in [0.15, 0.2) is 0 Å². The summed E-state index contributed by atoms with van der Waals surface area (Å²) in [5.74, 6) is 0.532. The number of nitrogens with one attached hydrogen (secondary N) is 1. The summed E-state index contributed by atoms with van der Waals surface area (Å²) in [5.41, 5.74) is 2.97. The maximum absolute atomic E-state index is 12.9. The van der Waals surface area contributed by atoms with E-state index in [9.17, 15) is 4.79 Å². The van der Waals surface area contributed by atoms with E-state index in [0.717, 1.165) is 17.2 Å². The lowest BCUT2D eigenvalue weighted by molar-refractivity contribution is 0.0952. The minimum absolute atomic E-state index is 0.0971. The Hall–Kier alpha value is -3.01. The van der Waals surface area contributed by atoms with E-state index in [4.69, 9.17) is 4.74 Å². The van der Waals surface area contributed by atoms with Crippen LogP contribution < -0.4 is 15.0 Å². The zero-order chi connectivity index (χ0) is 19.2. The van der Waals surface area contributed by atoms with Crippen LogP contribution >= 0.6 is 0 Å². The smallest absolute Gasteiger partial charge is 0.255 e. The quantitative estimate of drug-likeness (QED) is 0.682. The molecule has 0 fully saturated rings. The molecular weight excluding hydrogens is 336 g/mol. The van der Waals surface area contributed by atoms with Crippen molar-refractivity contribution in [3.63, 3.8) is 0 Å². The highest BCUT2D eigenvalue weighted by molar-refractivity contribution is 6.09. The van der Waals surface area contributed by atoms with Crippen LogP contribution in [-0.4, -0.2) is 33.2 Å². The number of hydrogen-bond acceptors (Lipinski definition) is 3. The Morgan fingerprint density at radius 2 is 1.74 bits per heavy atom. The second-order valence-electron chi connectivity index (χ2n) is 6.66. The molecule has 0 bridgehead atoms. The van der Waals surface area contributed by atoms with Gasteiger partial charge in [-0.2, -0.15) is 0 Å². The van der Waals surface area contributed by atoms with Crippen molar-refractivity contribution < 1.29 is 9.53 Å². The van der Waals surface area contributed by atoms with Gasteiger partial charge in [0.05, 0.1) is 12.2 Å². The molecule has 0 aliphatic heterocycles. The van der Waals surface area contributed by atoms with E-state index in [0.29, 0.717) is 24.5 Å². The van der Waals surface area contributed by atoms with E-state index >= 15 is 0 Å². The van der Waals surface area contributed by atoms with Crippen molar-refractivity contribution in [1.82, 2.24) is 5.32 Å². The molecule has 0 radical (unpaired) electrons. The molecule has 0 spiro atoms.